The van der Waals surface area contributed by atoms with E-state index in [9.17, 15) is 9.18 Å². The number of nitrogens with one attached hydrogen (secondary N) is 1. The Morgan fingerprint density at radius 2 is 2.10 bits per heavy atom. The highest BCUT2D eigenvalue weighted by atomic mass is 79.9. The second kappa shape index (κ2) is 5.61. The van der Waals surface area contributed by atoms with Gasteiger partial charge in [-0.2, -0.15) is 5.10 Å². The lowest BCUT2D eigenvalue weighted by Gasteiger charge is -2.02. The molecule has 21 heavy (non-hydrogen) atoms. The summed E-state index contributed by atoms with van der Waals surface area (Å²) in [4.78, 5) is 16.2. The lowest BCUT2D eigenvalue weighted by Crippen LogP contribution is -2.23. The summed E-state index contributed by atoms with van der Waals surface area (Å²) in [6.45, 7) is 0.310. The van der Waals surface area contributed by atoms with Crippen LogP contribution in [0.2, 0.25) is 0 Å². The van der Waals surface area contributed by atoms with Crippen LogP contribution < -0.4 is 5.32 Å². The maximum absolute atomic E-state index is 12.8. The zero-order chi connectivity index (χ0) is 14.8. The molecule has 3 rings (SSSR count). The third-order valence-electron chi connectivity index (χ3n) is 2.88. The molecule has 3 aromatic rings. The van der Waals surface area contributed by atoms with Crippen molar-refractivity contribution in [1.82, 2.24) is 19.9 Å². The molecular formula is C14H10BrFN4O. The van der Waals surface area contributed by atoms with E-state index in [4.69, 9.17) is 0 Å². The average molecular weight is 349 g/mol. The summed E-state index contributed by atoms with van der Waals surface area (Å²) in [5.41, 5.74) is 1.68. The molecule has 1 amide bonds. The third kappa shape index (κ3) is 3.08. The molecule has 7 heteroatoms. The van der Waals surface area contributed by atoms with Crippen LogP contribution in [-0.2, 0) is 6.54 Å². The number of halogens is 2. The van der Waals surface area contributed by atoms with Crippen LogP contribution in [0.25, 0.3) is 5.65 Å². The van der Waals surface area contributed by atoms with Gasteiger partial charge in [0.25, 0.3) is 5.91 Å². The van der Waals surface area contributed by atoms with E-state index in [1.54, 1.807) is 30.6 Å². The first-order valence-corrected chi connectivity index (χ1v) is 6.95. The van der Waals surface area contributed by atoms with E-state index in [1.165, 1.54) is 16.6 Å². The van der Waals surface area contributed by atoms with Crippen LogP contribution in [0.3, 0.4) is 0 Å². The lowest BCUT2D eigenvalue weighted by atomic mass is 10.2. The molecule has 0 bridgehead atoms. The number of carbonyl (C=O) groups excluding carboxylic acids is 1. The molecule has 0 saturated carbocycles. The first-order valence-electron chi connectivity index (χ1n) is 6.15. The molecule has 1 N–H and O–H groups in total. The average Bonchev–Trinajstić information content (AvgIpc) is 2.89. The minimum atomic E-state index is -0.305. The van der Waals surface area contributed by atoms with Gasteiger partial charge in [0.15, 0.2) is 11.3 Å². The smallest absolute Gasteiger partial charge is 0.272 e. The quantitative estimate of drug-likeness (QED) is 0.791. The van der Waals surface area contributed by atoms with E-state index in [2.05, 4.69) is 31.3 Å². The zero-order valence-corrected chi connectivity index (χ0v) is 12.3. The van der Waals surface area contributed by atoms with Crippen LogP contribution in [0.4, 0.5) is 4.39 Å². The monoisotopic (exact) mass is 348 g/mol. The molecule has 0 atom stereocenters. The number of hydrogen-bond acceptors (Lipinski definition) is 3. The Morgan fingerprint density at radius 3 is 2.86 bits per heavy atom. The van der Waals surface area contributed by atoms with Crippen LogP contribution in [0.5, 0.6) is 0 Å². The summed E-state index contributed by atoms with van der Waals surface area (Å²) in [6.07, 6.45) is 3.36. The Labute approximate surface area is 127 Å². The highest BCUT2D eigenvalue weighted by Crippen LogP contribution is 2.10. The van der Waals surface area contributed by atoms with Crippen molar-refractivity contribution in [2.24, 2.45) is 0 Å². The van der Waals surface area contributed by atoms with Gasteiger partial charge in [-0.1, -0.05) is 12.1 Å². The molecule has 0 aliphatic heterocycles. The highest BCUT2D eigenvalue weighted by Gasteiger charge is 2.11. The van der Waals surface area contributed by atoms with E-state index in [0.717, 1.165) is 10.0 Å². The molecule has 0 fully saturated rings. The molecule has 0 spiro atoms. The lowest BCUT2D eigenvalue weighted by molar-refractivity contribution is 0.0945. The fourth-order valence-corrected chi connectivity index (χ4v) is 2.14. The highest BCUT2D eigenvalue weighted by molar-refractivity contribution is 9.10. The number of hydrogen-bond donors (Lipinski definition) is 1. The Kier molecular flexibility index (Phi) is 3.66. The molecule has 0 aliphatic carbocycles. The summed E-state index contributed by atoms with van der Waals surface area (Å²) in [5, 5.41) is 6.89. The number of amides is 1. The molecule has 1 aromatic carbocycles. The van der Waals surface area contributed by atoms with Crippen molar-refractivity contribution in [2.75, 3.05) is 0 Å². The van der Waals surface area contributed by atoms with E-state index < -0.39 is 0 Å². The van der Waals surface area contributed by atoms with Crippen molar-refractivity contribution < 1.29 is 9.18 Å². The minimum Gasteiger partial charge on any atom is -0.347 e. The molecule has 106 valence electrons. The maximum atomic E-state index is 12.8. The molecule has 2 heterocycles. The SMILES string of the molecule is O=C(NCc1ccc(F)cc1)c1cc2ncc(Br)cn2n1. The zero-order valence-electron chi connectivity index (χ0n) is 10.8. The van der Waals surface area contributed by atoms with Gasteiger partial charge in [0.2, 0.25) is 0 Å². The van der Waals surface area contributed by atoms with Gasteiger partial charge in [-0.3, -0.25) is 4.79 Å². The van der Waals surface area contributed by atoms with Gasteiger partial charge >= 0.3 is 0 Å². The summed E-state index contributed by atoms with van der Waals surface area (Å²) in [6, 6.07) is 7.56. The van der Waals surface area contributed by atoms with Gasteiger partial charge in [-0.15, -0.1) is 0 Å². The van der Waals surface area contributed by atoms with Crippen molar-refractivity contribution in [3.8, 4) is 0 Å². The van der Waals surface area contributed by atoms with Crippen LogP contribution in [0, 0.1) is 5.82 Å². The van der Waals surface area contributed by atoms with Gasteiger partial charge < -0.3 is 5.32 Å². The van der Waals surface area contributed by atoms with Gasteiger partial charge in [-0.25, -0.2) is 13.9 Å². The van der Waals surface area contributed by atoms with Crippen LogP contribution >= 0.6 is 15.9 Å². The minimum absolute atomic E-state index is 0.280. The van der Waals surface area contributed by atoms with Crippen molar-refractivity contribution in [3.63, 3.8) is 0 Å². The number of rotatable bonds is 3. The van der Waals surface area contributed by atoms with E-state index in [-0.39, 0.29) is 17.4 Å². The predicted octanol–water partition coefficient (Wildman–Crippen LogP) is 2.56. The summed E-state index contributed by atoms with van der Waals surface area (Å²) in [7, 11) is 0. The van der Waals surface area contributed by atoms with E-state index >= 15 is 0 Å². The summed E-state index contributed by atoms with van der Waals surface area (Å²) < 4.78 is 15.1. The number of benzene rings is 1. The second-order valence-corrected chi connectivity index (χ2v) is 5.33. The van der Waals surface area contributed by atoms with Crippen molar-refractivity contribution in [1.29, 1.82) is 0 Å². The molecule has 0 radical (unpaired) electrons. The predicted molar refractivity (Wildman–Crippen MR) is 78.3 cm³/mol. The molecule has 0 aliphatic rings. The van der Waals surface area contributed by atoms with Gasteiger partial charge in [0.05, 0.1) is 4.47 Å². The molecule has 0 unspecified atom stereocenters. The Balaban J connectivity index is 1.73. The number of carbonyl (C=O) groups is 1. The van der Waals surface area contributed by atoms with Gasteiger partial charge in [0, 0.05) is 25.0 Å². The van der Waals surface area contributed by atoms with Crippen LogP contribution in [0.1, 0.15) is 16.1 Å². The van der Waals surface area contributed by atoms with Crippen molar-refractivity contribution in [3.05, 3.63) is 64.3 Å². The number of aromatic nitrogens is 3. The number of nitrogens with zero attached hydrogens (tertiary/aromatic N) is 3. The third-order valence-corrected chi connectivity index (χ3v) is 3.29. The Hall–Kier alpha value is -2.28. The normalized spacial score (nSPS) is 10.8. The first kappa shape index (κ1) is 13.7. The first-order chi connectivity index (χ1) is 10.1. The second-order valence-electron chi connectivity index (χ2n) is 4.41. The summed E-state index contributed by atoms with van der Waals surface area (Å²) >= 11 is 3.29. The molecule has 2 aromatic heterocycles. The molecule has 5 nitrogen and oxygen atoms in total. The molecule has 0 saturated heterocycles. The number of fused-ring (bicyclic) bond motifs is 1. The fraction of sp³-hybridized carbons (Fsp3) is 0.0714. The topological polar surface area (TPSA) is 59.3 Å². The van der Waals surface area contributed by atoms with E-state index in [0.29, 0.717) is 12.2 Å². The van der Waals surface area contributed by atoms with E-state index in [1.807, 2.05) is 0 Å². The van der Waals surface area contributed by atoms with Gasteiger partial charge in [-0.05, 0) is 33.6 Å². The molecular weight excluding hydrogens is 339 g/mol. The standard InChI is InChI=1S/C14H10BrFN4O/c15-10-7-17-13-5-12(19-20(13)8-10)14(21)18-6-9-1-3-11(16)4-2-9/h1-5,7-8H,6H2,(H,18,21). The van der Waals surface area contributed by atoms with Crippen LogP contribution in [-0.4, -0.2) is 20.5 Å². The maximum Gasteiger partial charge on any atom is 0.272 e. The fourth-order valence-electron chi connectivity index (χ4n) is 1.84. The Bertz CT molecular complexity index is 800. The largest absolute Gasteiger partial charge is 0.347 e. The van der Waals surface area contributed by atoms with Crippen LogP contribution in [0.15, 0.2) is 47.2 Å². The van der Waals surface area contributed by atoms with Crippen molar-refractivity contribution >= 4 is 27.5 Å². The summed E-state index contributed by atoms with van der Waals surface area (Å²) in [5.74, 6) is -0.608. The Morgan fingerprint density at radius 1 is 1.33 bits per heavy atom. The van der Waals surface area contributed by atoms with Gasteiger partial charge in [0.1, 0.15) is 5.82 Å². The van der Waals surface area contributed by atoms with Crippen molar-refractivity contribution in [2.45, 2.75) is 6.54 Å².